The van der Waals surface area contributed by atoms with Crippen molar-refractivity contribution in [2.75, 3.05) is 0 Å². The molecule has 1 heterocycles. The number of nitrogens with zero attached hydrogens (tertiary/aromatic N) is 1. The Bertz CT molecular complexity index is 778. The van der Waals surface area contributed by atoms with Crippen molar-refractivity contribution >= 4 is 12.0 Å². The number of carboxylic acid groups (broad SMARTS) is 1. The van der Waals surface area contributed by atoms with Crippen LogP contribution in [0.25, 0.3) is 0 Å². The second kappa shape index (κ2) is 6.88. The molecule has 2 atom stereocenters. The zero-order chi connectivity index (χ0) is 18.0. The molecule has 5 nitrogen and oxygen atoms in total. The summed E-state index contributed by atoms with van der Waals surface area (Å²) in [7, 11) is 0. The van der Waals surface area contributed by atoms with Crippen molar-refractivity contribution < 1.29 is 23.5 Å². The van der Waals surface area contributed by atoms with E-state index in [4.69, 9.17) is 5.11 Å². The number of carbonyl (C=O) groups is 2. The second-order valence-corrected chi connectivity index (χ2v) is 5.91. The summed E-state index contributed by atoms with van der Waals surface area (Å²) in [6.45, 7) is 0.222. The van der Waals surface area contributed by atoms with E-state index in [2.05, 4.69) is 5.32 Å². The number of amides is 2. The molecule has 0 spiro atoms. The van der Waals surface area contributed by atoms with Crippen LogP contribution >= 0.6 is 0 Å². The fraction of sp³-hybridized carbons (Fsp3) is 0.222. The largest absolute Gasteiger partial charge is 0.465 e. The molecule has 2 aromatic rings. The lowest BCUT2D eigenvalue weighted by molar-refractivity contribution is -0.129. The Kier molecular flexibility index (Phi) is 4.65. The van der Waals surface area contributed by atoms with E-state index in [1.165, 1.54) is 4.90 Å². The van der Waals surface area contributed by atoms with Crippen molar-refractivity contribution in [3.63, 3.8) is 0 Å². The Morgan fingerprint density at radius 3 is 2.40 bits per heavy atom. The number of hydrogen-bond acceptors (Lipinski definition) is 2. The molecule has 2 unspecified atom stereocenters. The highest BCUT2D eigenvalue weighted by Gasteiger charge is 2.41. The number of rotatable bonds is 4. The smallest absolute Gasteiger partial charge is 0.404 e. The number of hydrogen-bond donors (Lipinski definition) is 2. The first-order chi connectivity index (χ1) is 11.9. The van der Waals surface area contributed by atoms with Crippen LogP contribution in [0.5, 0.6) is 0 Å². The van der Waals surface area contributed by atoms with Gasteiger partial charge in [-0.15, -0.1) is 0 Å². The van der Waals surface area contributed by atoms with Gasteiger partial charge in [-0.2, -0.15) is 0 Å². The molecule has 0 bridgehead atoms. The van der Waals surface area contributed by atoms with Gasteiger partial charge in [-0.05, 0) is 23.3 Å². The van der Waals surface area contributed by atoms with Crippen LogP contribution in [0.4, 0.5) is 13.6 Å². The SMILES string of the molecule is O=C(O)NC1CC(=O)N(Cc2ccccc2)C1c1cc(F)cc(F)c1. The summed E-state index contributed by atoms with van der Waals surface area (Å²) < 4.78 is 27.3. The van der Waals surface area contributed by atoms with Gasteiger partial charge < -0.3 is 15.3 Å². The lowest BCUT2D eigenvalue weighted by Gasteiger charge is -2.28. The summed E-state index contributed by atoms with van der Waals surface area (Å²) in [6, 6.07) is 10.6. The third-order valence-corrected chi connectivity index (χ3v) is 4.16. The van der Waals surface area contributed by atoms with Crippen LogP contribution in [-0.2, 0) is 11.3 Å². The molecule has 2 N–H and O–H groups in total. The van der Waals surface area contributed by atoms with E-state index in [0.717, 1.165) is 23.8 Å². The van der Waals surface area contributed by atoms with Gasteiger partial charge in [0.1, 0.15) is 11.6 Å². The predicted octanol–water partition coefficient (Wildman–Crippen LogP) is 3.07. The molecule has 1 fully saturated rings. The number of nitrogens with one attached hydrogen (secondary N) is 1. The zero-order valence-electron chi connectivity index (χ0n) is 13.2. The predicted molar refractivity (Wildman–Crippen MR) is 85.7 cm³/mol. The molecule has 7 heteroatoms. The Morgan fingerprint density at radius 2 is 1.80 bits per heavy atom. The van der Waals surface area contributed by atoms with Crippen LogP contribution in [0.2, 0.25) is 0 Å². The second-order valence-electron chi connectivity index (χ2n) is 5.91. The standard InChI is InChI=1S/C18H16F2N2O3/c19-13-6-12(7-14(20)8-13)17-15(21-18(24)25)9-16(23)22(17)10-11-4-2-1-3-5-11/h1-8,15,17,21H,9-10H2,(H,24,25). The lowest BCUT2D eigenvalue weighted by Crippen LogP contribution is -2.39. The first-order valence-corrected chi connectivity index (χ1v) is 7.73. The molecule has 1 saturated heterocycles. The first kappa shape index (κ1) is 16.9. The molecule has 25 heavy (non-hydrogen) atoms. The van der Waals surface area contributed by atoms with Gasteiger partial charge in [-0.3, -0.25) is 4.79 Å². The first-order valence-electron chi connectivity index (χ1n) is 7.73. The number of likely N-dealkylation sites (tertiary alicyclic amines) is 1. The van der Waals surface area contributed by atoms with Crippen molar-refractivity contribution in [2.24, 2.45) is 0 Å². The highest BCUT2D eigenvalue weighted by atomic mass is 19.1. The van der Waals surface area contributed by atoms with Crippen molar-refractivity contribution in [3.05, 3.63) is 71.3 Å². The maximum atomic E-state index is 13.6. The van der Waals surface area contributed by atoms with Gasteiger partial charge in [0.2, 0.25) is 5.91 Å². The molecule has 3 rings (SSSR count). The van der Waals surface area contributed by atoms with Crippen molar-refractivity contribution in [3.8, 4) is 0 Å². The molecular formula is C18H16F2N2O3. The van der Waals surface area contributed by atoms with E-state index in [9.17, 15) is 18.4 Å². The third-order valence-electron chi connectivity index (χ3n) is 4.16. The normalized spacial score (nSPS) is 19.9. The van der Waals surface area contributed by atoms with Crippen LogP contribution in [0.1, 0.15) is 23.6 Å². The van der Waals surface area contributed by atoms with E-state index in [-0.39, 0.29) is 24.4 Å². The Morgan fingerprint density at radius 1 is 1.16 bits per heavy atom. The maximum absolute atomic E-state index is 13.6. The summed E-state index contributed by atoms with van der Waals surface area (Å²) in [6.07, 6.45) is -1.36. The quantitative estimate of drug-likeness (QED) is 0.894. The van der Waals surface area contributed by atoms with Gasteiger partial charge in [0, 0.05) is 19.0 Å². The summed E-state index contributed by atoms with van der Waals surface area (Å²) in [5.74, 6) is -1.83. The summed E-state index contributed by atoms with van der Waals surface area (Å²) in [5.41, 5.74) is 1.06. The summed E-state index contributed by atoms with van der Waals surface area (Å²) in [5, 5.41) is 11.3. The van der Waals surface area contributed by atoms with Crippen LogP contribution in [0.15, 0.2) is 48.5 Å². The number of benzene rings is 2. The van der Waals surface area contributed by atoms with Crippen molar-refractivity contribution in [1.29, 1.82) is 0 Å². The summed E-state index contributed by atoms with van der Waals surface area (Å²) in [4.78, 5) is 24.9. The third kappa shape index (κ3) is 3.76. The van der Waals surface area contributed by atoms with E-state index in [0.29, 0.717) is 0 Å². The minimum atomic E-state index is -1.29. The molecule has 0 aromatic heterocycles. The summed E-state index contributed by atoms with van der Waals surface area (Å²) >= 11 is 0. The van der Waals surface area contributed by atoms with Gasteiger partial charge in [0.15, 0.2) is 0 Å². The molecule has 1 aliphatic heterocycles. The van der Waals surface area contributed by atoms with Crippen molar-refractivity contribution in [2.45, 2.75) is 25.0 Å². The molecule has 2 amide bonds. The number of halogens is 2. The van der Waals surface area contributed by atoms with E-state index < -0.39 is 29.8 Å². The Labute approximate surface area is 142 Å². The molecule has 0 radical (unpaired) electrons. The fourth-order valence-corrected chi connectivity index (χ4v) is 3.20. The van der Waals surface area contributed by atoms with Crippen LogP contribution in [-0.4, -0.2) is 28.0 Å². The highest BCUT2D eigenvalue weighted by molar-refractivity contribution is 5.81. The van der Waals surface area contributed by atoms with Gasteiger partial charge in [-0.25, -0.2) is 13.6 Å². The van der Waals surface area contributed by atoms with Gasteiger partial charge in [0.25, 0.3) is 0 Å². The monoisotopic (exact) mass is 346 g/mol. The minimum Gasteiger partial charge on any atom is -0.465 e. The molecular weight excluding hydrogens is 330 g/mol. The van der Waals surface area contributed by atoms with Gasteiger partial charge >= 0.3 is 6.09 Å². The van der Waals surface area contributed by atoms with Crippen molar-refractivity contribution in [1.82, 2.24) is 10.2 Å². The van der Waals surface area contributed by atoms with Crippen LogP contribution in [0.3, 0.4) is 0 Å². The number of carbonyl (C=O) groups excluding carboxylic acids is 1. The average molecular weight is 346 g/mol. The van der Waals surface area contributed by atoms with E-state index in [1.807, 2.05) is 30.3 Å². The molecule has 0 aliphatic carbocycles. The molecule has 1 aliphatic rings. The molecule has 130 valence electrons. The average Bonchev–Trinajstić information content (AvgIpc) is 2.82. The fourth-order valence-electron chi connectivity index (χ4n) is 3.20. The van der Waals surface area contributed by atoms with E-state index >= 15 is 0 Å². The van der Waals surface area contributed by atoms with E-state index in [1.54, 1.807) is 0 Å². The zero-order valence-corrected chi connectivity index (χ0v) is 13.2. The Balaban J connectivity index is 1.98. The van der Waals surface area contributed by atoms with Crippen LogP contribution in [0, 0.1) is 11.6 Å². The van der Waals surface area contributed by atoms with Crippen LogP contribution < -0.4 is 5.32 Å². The maximum Gasteiger partial charge on any atom is 0.404 e. The lowest BCUT2D eigenvalue weighted by atomic mass is 9.99. The Hall–Kier alpha value is -2.96. The molecule has 2 aromatic carbocycles. The topological polar surface area (TPSA) is 69.6 Å². The highest BCUT2D eigenvalue weighted by Crippen LogP contribution is 2.35. The van der Waals surface area contributed by atoms with Gasteiger partial charge in [-0.1, -0.05) is 30.3 Å². The minimum absolute atomic E-state index is 0.0675. The molecule has 0 saturated carbocycles. The van der Waals surface area contributed by atoms with Gasteiger partial charge in [0.05, 0.1) is 12.1 Å².